The molecule has 1 aliphatic rings. The van der Waals surface area contributed by atoms with Gasteiger partial charge in [0.15, 0.2) is 0 Å². The highest BCUT2D eigenvalue weighted by molar-refractivity contribution is 7.99. The van der Waals surface area contributed by atoms with Gasteiger partial charge in [-0.25, -0.2) is 0 Å². The molecule has 3 heteroatoms. The minimum absolute atomic E-state index is 0.655. The van der Waals surface area contributed by atoms with E-state index in [0.29, 0.717) is 6.04 Å². The van der Waals surface area contributed by atoms with Crippen LogP contribution in [-0.4, -0.2) is 30.6 Å². The maximum Gasteiger partial charge on any atom is 0.0372 e. The first-order valence-corrected chi connectivity index (χ1v) is 8.52. The van der Waals surface area contributed by atoms with Crippen LogP contribution in [0.25, 0.3) is 0 Å². The van der Waals surface area contributed by atoms with E-state index in [1.807, 2.05) is 0 Å². The van der Waals surface area contributed by atoms with Gasteiger partial charge in [-0.1, -0.05) is 13.0 Å². The van der Waals surface area contributed by atoms with E-state index in [4.69, 9.17) is 0 Å². The third kappa shape index (κ3) is 3.90. The number of thioether (sulfide) groups is 1. The van der Waals surface area contributed by atoms with Crippen molar-refractivity contribution in [3.05, 3.63) is 29.3 Å². The van der Waals surface area contributed by atoms with Crippen LogP contribution in [0.2, 0.25) is 0 Å². The number of benzene rings is 1. The molecule has 19 heavy (non-hydrogen) atoms. The van der Waals surface area contributed by atoms with Crippen molar-refractivity contribution >= 4 is 17.4 Å². The predicted molar refractivity (Wildman–Crippen MR) is 87.3 cm³/mol. The Hall–Kier alpha value is -0.670. The maximum atomic E-state index is 3.48. The Morgan fingerprint density at radius 1 is 1.42 bits per heavy atom. The molecule has 0 amide bonds. The van der Waals surface area contributed by atoms with Crippen molar-refractivity contribution in [2.75, 3.05) is 29.5 Å². The van der Waals surface area contributed by atoms with Crippen LogP contribution >= 0.6 is 11.8 Å². The van der Waals surface area contributed by atoms with Crippen molar-refractivity contribution in [3.63, 3.8) is 0 Å². The first-order valence-electron chi connectivity index (χ1n) is 7.37. The van der Waals surface area contributed by atoms with Crippen LogP contribution in [0.15, 0.2) is 18.2 Å². The SMILES string of the molecule is CCCNCc1ccc(N2CCSCC2C)cc1C. The normalized spacial score (nSPS) is 19.7. The largest absolute Gasteiger partial charge is 0.367 e. The van der Waals surface area contributed by atoms with Gasteiger partial charge in [-0.05, 0) is 50.1 Å². The average Bonchev–Trinajstić information content (AvgIpc) is 2.41. The Morgan fingerprint density at radius 2 is 2.26 bits per heavy atom. The van der Waals surface area contributed by atoms with E-state index in [9.17, 15) is 0 Å². The number of anilines is 1. The number of hydrogen-bond donors (Lipinski definition) is 1. The summed E-state index contributed by atoms with van der Waals surface area (Å²) in [7, 11) is 0. The van der Waals surface area contributed by atoms with Crippen molar-refractivity contribution in [1.82, 2.24) is 5.32 Å². The van der Waals surface area contributed by atoms with Gasteiger partial charge in [-0.3, -0.25) is 0 Å². The Balaban J connectivity index is 2.05. The van der Waals surface area contributed by atoms with Gasteiger partial charge in [-0.2, -0.15) is 11.8 Å². The lowest BCUT2D eigenvalue weighted by Gasteiger charge is -2.35. The lowest BCUT2D eigenvalue weighted by atomic mass is 10.1. The van der Waals surface area contributed by atoms with Gasteiger partial charge < -0.3 is 10.2 Å². The van der Waals surface area contributed by atoms with Crippen molar-refractivity contribution in [3.8, 4) is 0 Å². The molecule has 1 aromatic carbocycles. The van der Waals surface area contributed by atoms with Crippen LogP contribution in [0.4, 0.5) is 5.69 Å². The summed E-state index contributed by atoms with van der Waals surface area (Å²) in [6.07, 6.45) is 1.19. The third-order valence-corrected chi connectivity index (χ3v) is 4.96. The molecule has 0 spiro atoms. The van der Waals surface area contributed by atoms with Crippen LogP contribution < -0.4 is 10.2 Å². The first kappa shape index (κ1) is 14.7. The standard InChI is InChI=1S/C16H26N2S/c1-4-7-17-11-15-5-6-16(10-13(15)2)18-8-9-19-12-14(18)3/h5-6,10,14,17H,4,7-9,11-12H2,1-3H3. The average molecular weight is 278 g/mol. The summed E-state index contributed by atoms with van der Waals surface area (Å²) < 4.78 is 0. The van der Waals surface area contributed by atoms with E-state index in [1.54, 1.807) is 0 Å². The second-order valence-electron chi connectivity index (χ2n) is 5.40. The molecule has 1 atom stereocenters. The maximum absolute atomic E-state index is 3.48. The lowest BCUT2D eigenvalue weighted by Crippen LogP contribution is -2.40. The molecule has 106 valence electrons. The molecule has 1 aliphatic heterocycles. The topological polar surface area (TPSA) is 15.3 Å². The van der Waals surface area contributed by atoms with Crippen LogP contribution in [0.5, 0.6) is 0 Å². The molecule has 0 saturated carbocycles. The highest BCUT2D eigenvalue weighted by atomic mass is 32.2. The highest BCUT2D eigenvalue weighted by Crippen LogP contribution is 2.25. The number of nitrogens with one attached hydrogen (secondary N) is 1. The van der Waals surface area contributed by atoms with Gasteiger partial charge in [-0.15, -0.1) is 0 Å². The van der Waals surface area contributed by atoms with Gasteiger partial charge in [0.05, 0.1) is 0 Å². The third-order valence-electron chi connectivity index (χ3n) is 3.77. The molecule has 1 aromatic rings. The molecule has 2 nitrogen and oxygen atoms in total. The van der Waals surface area contributed by atoms with E-state index in [0.717, 1.165) is 13.1 Å². The molecule has 2 rings (SSSR count). The zero-order valence-electron chi connectivity index (χ0n) is 12.4. The molecular weight excluding hydrogens is 252 g/mol. The Bertz CT molecular complexity index is 406. The fourth-order valence-electron chi connectivity index (χ4n) is 2.57. The Labute approximate surface area is 122 Å². The highest BCUT2D eigenvalue weighted by Gasteiger charge is 2.19. The fourth-order valence-corrected chi connectivity index (χ4v) is 3.58. The van der Waals surface area contributed by atoms with Crippen molar-refractivity contribution in [1.29, 1.82) is 0 Å². The number of hydrogen-bond acceptors (Lipinski definition) is 3. The van der Waals surface area contributed by atoms with E-state index in [2.05, 4.69) is 60.9 Å². The van der Waals surface area contributed by atoms with Crippen LogP contribution in [0.3, 0.4) is 0 Å². The second kappa shape index (κ2) is 7.20. The molecule has 0 bridgehead atoms. The quantitative estimate of drug-likeness (QED) is 0.831. The zero-order valence-corrected chi connectivity index (χ0v) is 13.2. The summed E-state index contributed by atoms with van der Waals surface area (Å²) in [5.74, 6) is 2.50. The van der Waals surface area contributed by atoms with E-state index >= 15 is 0 Å². The molecule has 0 aromatic heterocycles. The smallest absolute Gasteiger partial charge is 0.0372 e. The summed E-state index contributed by atoms with van der Waals surface area (Å²) in [4.78, 5) is 2.55. The van der Waals surface area contributed by atoms with Crippen molar-refractivity contribution in [2.45, 2.75) is 39.8 Å². The summed E-state index contributed by atoms with van der Waals surface area (Å²) in [5, 5.41) is 3.48. The molecule has 1 fully saturated rings. The predicted octanol–water partition coefficient (Wildman–Crippen LogP) is 3.44. The fraction of sp³-hybridized carbons (Fsp3) is 0.625. The second-order valence-corrected chi connectivity index (χ2v) is 6.55. The summed E-state index contributed by atoms with van der Waals surface area (Å²) >= 11 is 2.07. The molecule has 0 radical (unpaired) electrons. The Morgan fingerprint density at radius 3 is 2.95 bits per heavy atom. The van der Waals surface area contributed by atoms with Gasteiger partial charge in [0.25, 0.3) is 0 Å². The minimum Gasteiger partial charge on any atom is -0.367 e. The van der Waals surface area contributed by atoms with Gasteiger partial charge in [0.1, 0.15) is 0 Å². The minimum atomic E-state index is 0.655. The van der Waals surface area contributed by atoms with E-state index in [-0.39, 0.29) is 0 Å². The monoisotopic (exact) mass is 278 g/mol. The molecule has 1 N–H and O–H groups in total. The lowest BCUT2D eigenvalue weighted by molar-refractivity contribution is 0.672. The molecule has 1 unspecified atom stereocenters. The van der Waals surface area contributed by atoms with Crippen LogP contribution in [0.1, 0.15) is 31.4 Å². The first-order chi connectivity index (χ1) is 9.22. The number of aryl methyl sites for hydroxylation is 1. The number of nitrogens with zero attached hydrogens (tertiary/aromatic N) is 1. The summed E-state index contributed by atoms with van der Waals surface area (Å²) in [6.45, 7) is 10.0. The molecule has 0 aliphatic carbocycles. The van der Waals surface area contributed by atoms with Gasteiger partial charge in [0, 0.05) is 36.3 Å². The van der Waals surface area contributed by atoms with E-state index < -0.39 is 0 Å². The molecule has 1 heterocycles. The van der Waals surface area contributed by atoms with E-state index in [1.165, 1.54) is 41.3 Å². The zero-order chi connectivity index (χ0) is 13.7. The molecular formula is C16H26N2S. The van der Waals surface area contributed by atoms with Crippen molar-refractivity contribution < 1.29 is 0 Å². The van der Waals surface area contributed by atoms with Gasteiger partial charge >= 0.3 is 0 Å². The molecule has 1 saturated heterocycles. The van der Waals surface area contributed by atoms with Crippen molar-refractivity contribution in [2.24, 2.45) is 0 Å². The number of rotatable bonds is 5. The summed E-state index contributed by atoms with van der Waals surface area (Å²) in [6, 6.07) is 7.60. The Kier molecular flexibility index (Phi) is 5.59. The van der Waals surface area contributed by atoms with Crippen LogP contribution in [0, 0.1) is 6.92 Å². The summed E-state index contributed by atoms with van der Waals surface area (Å²) in [5.41, 5.74) is 4.23. The van der Waals surface area contributed by atoms with Gasteiger partial charge in [0.2, 0.25) is 0 Å². The van der Waals surface area contributed by atoms with Crippen LogP contribution in [-0.2, 0) is 6.54 Å².